The van der Waals surface area contributed by atoms with Gasteiger partial charge < -0.3 is 15.7 Å². The van der Waals surface area contributed by atoms with Gasteiger partial charge in [-0.1, -0.05) is 28.1 Å². The van der Waals surface area contributed by atoms with Gasteiger partial charge in [-0.25, -0.2) is 0 Å². The predicted molar refractivity (Wildman–Crippen MR) is 66.3 cm³/mol. The van der Waals surface area contributed by atoms with Crippen molar-refractivity contribution in [2.75, 3.05) is 13.6 Å². The van der Waals surface area contributed by atoms with Gasteiger partial charge in [-0.05, 0) is 24.7 Å². The Bertz CT molecular complexity index is 340. The molecule has 0 heterocycles. The van der Waals surface area contributed by atoms with Gasteiger partial charge in [0.15, 0.2) is 0 Å². The number of hydrogen-bond acceptors (Lipinski definition) is 3. The fourth-order valence-corrected chi connectivity index (χ4v) is 1.54. The fourth-order valence-electron chi connectivity index (χ4n) is 1.28. The lowest BCUT2D eigenvalue weighted by atomic mass is 10.2. The van der Waals surface area contributed by atoms with Gasteiger partial charge in [0.05, 0.1) is 0 Å². The van der Waals surface area contributed by atoms with Gasteiger partial charge in [0.25, 0.3) is 0 Å². The maximum atomic E-state index is 10.7. The second-order valence-corrected chi connectivity index (χ2v) is 4.35. The van der Waals surface area contributed by atoms with Gasteiger partial charge in [-0.15, -0.1) is 0 Å². The summed E-state index contributed by atoms with van der Waals surface area (Å²) in [4.78, 5) is 10.7. The van der Waals surface area contributed by atoms with Crippen LogP contribution < -0.4 is 10.6 Å². The van der Waals surface area contributed by atoms with Crippen LogP contribution >= 0.6 is 15.9 Å². The molecule has 88 valence electrons. The van der Waals surface area contributed by atoms with Gasteiger partial charge in [0.1, 0.15) is 6.04 Å². The number of halogens is 1. The van der Waals surface area contributed by atoms with Gasteiger partial charge in [-0.3, -0.25) is 4.79 Å². The second-order valence-electron chi connectivity index (χ2n) is 3.44. The smallest absolute Gasteiger partial charge is 0.322 e. The average molecular weight is 287 g/mol. The molecule has 5 heteroatoms. The minimum Gasteiger partial charge on any atom is -0.480 e. The molecule has 1 atom stereocenters. The molecule has 4 nitrogen and oxygen atoms in total. The third kappa shape index (κ3) is 4.30. The monoisotopic (exact) mass is 286 g/mol. The summed E-state index contributed by atoms with van der Waals surface area (Å²) in [7, 11) is 1.64. The van der Waals surface area contributed by atoms with Crippen molar-refractivity contribution in [3.8, 4) is 0 Å². The molecule has 1 aromatic rings. The van der Waals surface area contributed by atoms with E-state index in [1.54, 1.807) is 7.05 Å². The van der Waals surface area contributed by atoms with Crippen LogP contribution in [0.5, 0.6) is 0 Å². The normalized spacial score (nSPS) is 12.4. The zero-order valence-corrected chi connectivity index (χ0v) is 10.6. The van der Waals surface area contributed by atoms with Crippen LogP contribution in [0.15, 0.2) is 28.7 Å². The zero-order chi connectivity index (χ0) is 12.0. The van der Waals surface area contributed by atoms with Gasteiger partial charge in [0, 0.05) is 17.6 Å². The summed E-state index contributed by atoms with van der Waals surface area (Å²) >= 11 is 3.36. The maximum Gasteiger partial charge on any atom is 0.322 e. The number of nitrogens with one attached hydrogen (secondary N) is 2. The lowest BCUT2D eigenvalue weighted by molar-refractivity contribution is -0.139. The third-order valence-corrected chi connectivity index (χ3v) is 2.77. The number of benzene rings is 1. The molecule has 0 aromatic heterocycles. The van der Waals surface area contributed by atoms with Crippen molar-refractivity contribution in [2.45, 2.75) is 12.6 Å². The number of hydrogen-bond donors (Lipinski definition) is 3. The lowest BCUT2D eigenvalue weighted by Gasteiger charge is -2.12. The summed E-state index contributed by atoms with van der Waals surface area (Å²) in [6.45, 7) is 1.07. The van der Waals surface area contributed by atoms with E-state index >= 15 is 0 Å². The predicted octanol–water partition coefficient (Wildman–Crippen LogP) is 1.21. The van der Waals surface area contributed by atoms with E-state index in [9.17, 15) is 4.79 Å². The molecule has 0 bridgehead atoms. The molecular weight excluding hydrogens is 272 g/mol. The second kappa shape index (κ2) is 6.62. The van der Waals surface area contributed by atoms with Crippen molar-refractivity contribution in [2.24, 2.45) is 0 Å². The quantitative estimate of drug-likeness (QED) is 0.736. The highest BCUT2D eigenvalue weighted by Crippen LogP contribution is 2.10. The highest BCUT2D eigenvalue weighted by Gasteiger charge is 2.13. The average Bonchev–Trinajstić information content (AvgIpc) is 2.26. The minimum absolute atomic E-state index is 0.405. The van der Waals surface area contributed by atoms with E-state index in [1.165, 1.54) is 0 Å². The van der Waals surface area contributed by atoms with E-state index < -0.39 is 12.0 Å². The molecule has 16 heavy (non-hydrogen) atoms. The van der Waals surface area contributed by atoms with Crippen LogP contribution in [0.4, 0.5) is 0 Å². The first-order valence-corrected chi connectivity index (χ1v) is 5.78. The highest BCUT2D eigenvalue weighted by molar-refractivity contribution is 9.10. The van der Waals surface area contributed by atoms with Crippen LogP contribution in [0.25, 0.3) is 0 Å². The number of carboxylic acids is 1. The van der Waals surface area contributed by atoms with Crippen molar-refractivity contribution < 1.29 is 9.90 Å². The highest BCUT2D eigenvalue weighted by atomic mass is 79.9. The standard InChI is InChI=1S/C11H15BrN2O2/c1-13-10(11(15)16)7-14-6-8-2-4-9(12)5-3-8/h2-5,10,13-14H,6-7H2,1H3,(H,15,16). The molecule has 1 aromatic carbocycles. The van der Waals surface area contributed by atoms with Gasteiger partial charge in [-0.2, -0.15) is 0 Å². The molecule has 3 N–H and O–H groups in total. The van der Waals surface area contributed by atoms with Crippen LogP contribution in [0.2, 0.25) is 0 Å². The largest absolute Gasteiger partial charge is 0.480 e. The summed E-state index contributed by atoms with van der Waals surface area (Å²) < 4.78 is 1.04. The number of carboxylic acid groups (broad SMARTS) is 1. The Morgan fingerprint density at radius 1 is 1.44 bits per heavy atom. The van der Waals surface area contributed by atoms with E-state index in [0.717, 1.165) is 10.0 Å². The van der Waals surface area contributed by atoms with E-state index in [1.807, 2.05) is 24.3 Å². The molecule has 1 unspecified atom stereocenters. The van der Waals surface area contributed by atoms with E-state index in [-0.39, 0.29) is 0 Å². The van der Waals surface area contributed by atoms with Crippen molar-refractivity contribution in [1.29, 1.82) is 0 Å². The first-order chi connectivity index (χ1) is 7.63. The van der Waals surface area contributed by atoms with E-state index in [0.29, 0.717) is 13.1 Å². The minimum atomic E-state index is -0.842. The van der Waals surface area contributed by atoms with Crippen LogP contribution in [-0.4, -0.2) is 30.7 Å². The molecule has 0 aliphatic rings. The van der Waals surface area contributed by atoms with E-state index in [4.69, 9.17) is 5.11 Å². The molecule has 0 radical (unpaired) electrons. The van der Waals surface area contributed by atoms with E-state index in [2.05, 4.69) is 26.6 Å². The summed E-state index contributed by atoms with van der Waals surface area (Å²) in [6, 6.07) is 7.36. The summed E-state index contributed by atoms with van der Waals surface area (Å²) in [5.74, 6) is -0.842. The number of carbonyl (C=O) groups is 1. The lowest BCUT2D eigenvalue weighted by Crippen LogP contribution is -2.42. The van der Waals surface area contributed by atoms with Gasteiger partial charge in [0.2, 0.25) is 0 Å². The number of rotatable bonds is 6. The Kier molecular flexibility index (Phi) is 5.45. The van der Waals surface area contributed by atoms with Crippen molar-refractivity contribution in [1.82, 2.24) is 10.6 Å². The van der Waals surface area contributed by atoms with Crippen LogP contribution in [0.1, 0.15) is 5.56 Å². The number of aliphatic carboxylic acids is 1. The molecule has 0 fully saturated rings. The Balaban J connectivity index is 2.35. The zero-order valence-electron chi connectivity index (χ0n) is 9.03. The molecule has 0 aliphatic heterocycles. The Hall–Kier alpha value is -0.910. The summed E-state index contributed by atoms with van der Waals surface area (Å²) in [5.41, 5.74) is 1.13. The van der Waals surface area contributed by atoms with Gasteiger partial charge >= 0.3 is 5.97 Å². The summed E-state index contributed by atoms with van der Waals surface area (Å²) in [6.07, 6.45) is 0. The Morgan fingerprint density at radius 2 is 2.06 bits per heavy atom. The Labute approximate surface area is 103 Å². The summed E-state index contributed by atoms with van der Waals surface area (Å²) in [5, 5.41) is 14.6. The molecule has 0 spiro atoms. The molecule has 0 saturated carbocycles. The molecule has 0 amide bonds. The van der Waals surface area contributed by atoms with Crippen LogP contribution in [-0.2, 0) is 11.3 Å². The molecule has 1 rings (SSSR count). The fraction of sp³-hybridized carbons (Fsp3) is 0.364. The first-order valence-electron chi connectivity index (χ1n) is 4.98. The molecule has 0 aliphatic carbocycles. The maximum absolute atomic E-state index is 10.7. The molecule has 0 saturated heterocycles. The topological polar surface area (TPSA) is 61.4 Å². The first kappa shape index (κ1) is 13.2. The van der Waals surface area contributed by atoms with Crippen LogP contribution in [0, 0.1) is 0 Å². The third-order valence-electron chi connectivity index (χ3n) is 2.24. The van der Waals surface area contributed by atoms with Crippen molar-refractivity contribution in [3.05, 3.63) is 34.3 Å². The van der Waals surface area contributed by atoms with Crippen molar-refractivity contribution >= 4 is 21.9 Å². The SMILES string of the molecule is CNC(CNCc1ccc(Br)cc1)C(=O)O. The Morgan fingerprint density at radius 3 is 2.56 bits per heavy atom. The number of likely N-dealkylation sites (N-methyl/N-ethyl adjacent to an activating group) is 1. The van der Waals surface area contributed by atoms with Crippen molar-refractivity contribution in [3.63, 3.8) is 0 Å². The molecular formula is C11H15BrN2O2. The van der Waals surface area contributed by atoms with Crippen LogP contribution in [0.3, 0.4) is 0 Å².